The largest absolute Gasteiger partial charge is 0.397 e. The van der Waals surface area contributed by atoms with Crippen LogP contribution in [0, 0.1) is 5.82 Å². The fraction of sp³-hybridized carbons (Fsp3) is 0.188. The Morgan fingerprint density at radius 1 is 1.19 bits per heavy atom. The van der Waals surface area contributed by atoms with Crippen molar-refractivity contribution in [1.82, 2.24) is 4.90 Å². The van der Waals surface area contributed by atoms with Gasteiger partial charge in [-0.2, -0.15) is 0 Å². The first-order valence-electron chi connectivity index (χ1n) is 6.57. The summed E-state index contributed by atoms with van der Waals surface area (Å²) in [7, 11) is 3.40. The molecule has 0 unspecified atom stereocenters. The van der Waals surface area contributed by atoms with E-state index in [9.17, 15) is 9.18 Å². The van der Waals surface area contributed by atoms with Crippen molar-refractivity contribution in [3.8, 4) is 0 Å². The molecule has 0 aromatic heterocycles. The molecule has 0 fully saturated rings. The van der Waals surface area contributed by atoms with Gasteiger partial charge in [0.05, 0.1) is 11.4 Å². The predicted octanol–water partition coefficient (Wildman–Crippen LogP) is 2.72. The Morgan fingerprint density at radius 2 is 1.86 bits per heavy atom. The maximum absolute atomic E-state index is 12.8. The Hall–Kier alpha value is -2.56. The van der Waals surface area contributed by atoms with Crippen molar-refractivity contribution in [2.45, 2.75) is 6.54 Å². The van der Waals surface area contributed by atoms with E-state index < -0.39 is 0 Å². The number of hydrogen-bond acceptors (Lipinski definition) is 3. The molecule has 110 valence electrons. The van der Waals surface area contributed by atoms with Crippen molar-refractivity contribution in [3.63, 3.8) is 0 Å². The number of amides is 1. The Balaban J connectivity index is 2.14. The van der Waals surface area contributed by atoms with Gasteiger partial charge < -0.3 is 16.0 Å². The normalized spacial score (nSPS) is 10.2. The number of nitrogen functional groups attached to an aromatic ring is 1. The molecule has 3 N–H and O–H groups in total. The van der Waals surface area contributed by atoms with Crippen LogP contribution >= 0.6 is 0 Å². The van der Waals surface area contributed by atoms with E-state index in [4.69, 9.17) is 5.73 Å². The molecular weight excluding hydrogens is 269 g/mol. The Kier molecular flexibility index (Phi) is 4.42. The van der Waals surface area contributed by atoms with E-state index in [0.29, 0.717) is 23.5 Å². The lowest BCUT2D eigenvalue weighted by molar-refractivity contribution is 0.0827. The SMILES string of the molecule is CN(C)C(=O)c1ccc(N)c(NCc2ccc(F)cc2)c1. The van der Waals surface area contributed by atoms with Gasteiger partial charge in [-0.15, -0.1) is 0 Å². The van der Waals surface area contributed by atoms with Crippen LogP contribution in [0.3, 0.4) is 0 Å². The van der Waals surface area contributed by atoms with Gasteiger partial charge in [0.2, 0.25) is 0 Å². The van der Waals surface area contributed by atoms with Crippen molar-refractivity contribution in [1.29, 1.82) is 0 Å². The number of halogens is 1. The molecule has 2 rings (SSSR count). The maximum Gasteiger partial charge on any atom is 0.253 e. The molecule has 0 heterocycles. The molecule has 0 aliphatic carbocycles. The summed E-state index contributed by atoms with van der Waals surface area (Å²) in [5.74, 6) is -0.350. The van der Waals surface area contributed by atoms with Gasteiger partial charge in [-0.25, -0.2) is 4.39 Å². The summed E-state index contributed by atoms with van der Waals surface area (Å²) >= 11 is 0. The summed E-state index contributed by atoms with van der Waals surface area (Å²) in [4.78, 5) is 13.4. The van der Waals surface area contributed by atoms with Crippen molar-refractivity contribution in [2.24, 2.45) is 0 Å². The average Bonchev–Trinajstić information content (AvgIpc) is 2.47. The van der Waals surface area contributed by atoms with E-state index in [2.05, 4.69) is 5.32 Å². The van der Waals surface area contributed by atoms with Crippen LogP contribution in [0.15, 0.2) is 42.5 Å². The van der Waals surface area contributed by atoms with Crippen molar-refractivity contribution >= 4 is 17.3 Å². The molecule has 0 saturated heterocycles. The number of carbonyl (C=O) groups excluding carboxylic acids is 1. The van der Waals surface area contributed by atoms with Crippen LogP contribution in [0.5, 0.6) is 0 Å². The summed E-state index contributed by atoms with van der Waals surface area (Å²) in [6.45, 7) is 0.504. The highest BCUT2D eigenvalue weighted by atomic mass is 19.1. The molecular formula is C16H18FN3O. The summed E-state index contributed by atoms with van der Waals surface area (Å²) in [5, 5.41) is 3.16. The molecule has 0 radical (unpaired) electrons. The Bertz CT molecular complexity index is 638. The second-order valence-electron chi connectivity index (χ2n) is 4.98. The number of anilines is 2. The minimum absolute atomic E-state index is 0.0835. The van der Waals surface area contributed by atoms with Gasteiger partial charge in [0.25, 0.3) is 5.91 Å². The third kappa shape index (κ3) is 3.72. The van der Waals surface area contributed by atoms with Gasteiger partial charge >= 0.3 is 0 Å². The Labute approximate surface area is 123 Å². The monoisotopic (exact) mass is 287 g/mol. The number of carbonyl (C=O) groups is 1. The second-order valence-corrected chi connectivity index (χ2v) is 4.98. The van der Waals surface area contributed by atoms with E-state index in [1.165, 1.54) is 17.0 Å². The Morgan fingerprint density at radius 3 is 2.48 bits per heavy atom. The van der Waals surface area contributed by atoms with E-state index in [-0.39, 0.29) is 11.7 Å². The van der Waals surface area contributed by atoms with Gasteiger partial charge in [0.15, 0.2) is 0 Å². The fourth-order valence-corrected chi connectivity index (χ4v) is 1.90. The lowest BCUT2D eigenvalue weighted by Crippen LogP contribution is -2.21. The van der Waals surface area contributed by atoms with Crippen LogP contribution in [0.4, 0.5) is 15.8 Å². The van der Waals surface area contributed by atoms with Crippen LogP contribution in [-0.2, 0) is 6.54 Å². The van der Waals surface area contributed by atoms with Crippen LogP contribution in [-0.4, -0.2) is 24.9 Å². The average molecular weight is 287 g/mol. The molecule has 0 aliphatic heterocycles. The van der Waals surface area contributed by atoms with E-state index in [1.807, 2.05) is 0 Å². The van der Waals surface area contributed by atoms with E-state index in [0.717, 1.165) is 5.56 Å². The number of benzene rings is 2. The molecule has 5 heteroatoms. The molecule has 2 aromatic rings. The summed E-state index contributed by atoms with van der Waals surface area (Å²) < 4.78 is 12.8. The minimum atomic E-state index is -0.267. The zero-order chi connectivity index (χ0) is 15.4. The second kappa shape index (κ2) is 6.26. The van der Waals surface area contributed by atoms with Gasteiger partial charge in [0.1, 0.15) is 5.82 Å². The molecule has 4 nitrogen and oxygen atoms in total. The lowest BCUT2D eigenvalue weighted by atomic mass is 10.1. The highest BCUT2D eigenvalue weighted by molar-refractivity contribution is 5.95. The van der Waals surface area contributed by atoms with E-state index in [1.54, 1.807) is 44.4 Å². The molecule has 0 spiro atoms. The summed E-state index contributed by atoms with van der Waals surface area (Å²) in [5.41, 5.74) is 8.65. The summed E-state index contributed by atoms with van der Waals surface area (Å²) in [6, 6.07) is 11.3. The maximum atomic E-state index is 12.8. The molecule has 2 aromatic carbocycles. The van der Waals surface area contributed by atoms with Crippen LogP contribution in [0.1, 0.15) is 15.9 Å². The fourth-order valence-electron chi connectivity index (χ4n) is 1.90. The standard InChI is InChI=1S/C16H18FN3O/c1-20(2)16(21)12-5-8-14(18)15(9-12)19-10-11-3-6-13(17)7-4-11/h3-9,19H,10,18H2,1-2H3. The molecule has 21 heavy (non-hydrogen) atoms. The number of hydrogen-bond donors (Lipinski definition) is 2. The number of nitrogens with zero attached hydrogens (tertiary/aromatic N) is 1. The zero-order valence-corrected chi connectivity index (χ0v) is 12.1. The smallest absolute Gasteiger partial charge is 0.253 e. The number of rotatable bonds is 4. The minimum Gasteiger partial charge on any atom is -0.397 e. The van der Waals surface area contributed by atoms with Crippen LogP contribution in [0.2, 0.25) is 0 Å². The third-order valence-electron chi connectivity index (χ3n) is 3.10. The highest BCUT2D eigenvalue weighted by Gasteiger charge is 2.10. The zero-order valence-electron chi connectivity index (χ0n) is 12.1. The van der Waals surface area contributed by atoms with Gasteiger partial charge in [0, 0.05) is 26.2 Å². The molecule has 1 amide bonds. The van der Waals surface area contributed by atoms with Crippen molar-refractivity contribution in [3.05, 3.63) is 59.4 Å². The van der Waals surface area contributed by atoms with Gasteiger partial charge in [-0.3, -0.25) is 4.79 Å². The van der Waals surface area contributed by atoms with Crippen LogP contribution < -0.4 is 11.1 Å². The number of nitrogens with one attached hydrogen (secondary N) is 1. The first kappa shape index (κ1) is 14.8. The first-order chi connectivity index (χ1) is 9.97. The first-order valence-corrected chi connectivity index (χ1v) is 6.57. The topological polar surface area (TPSA) is 58.4 Å². The van der Waals surface area contributed by atoms with Gasteiger partial charge in [-0.05, 0) is 35.9 Å². The predicted molar refractivity (Wildman–Crippen MR) is 82.6 cm³/mol. The third-order valence-corrected chi connectivity index (χ3v) is 3.10. The van der Waals surface area contributed by atoms with Gasteiger partial charge in [-0.1, -0.05) is 12.1 Å². The number of nitrogens with two attached hydrogens (primary N) is 1. The van der Waals surface area contributed by atoms with Crippen molar-refractivity contribution in [2.75, 3.05) is 25.1 Å². The molecule has 0 atom stereocenters. The lowest BCUT2D eigenvalue weighted by Gasteiger charge is -2.14. The molecule has 0 aliphatic rings. The van der Waals surface area contributed by atoms with Crippen LogP contribution in [0.25, 0.3) is 0 Å². The quantitative estimate of drug-likeness (QED) is 0.850. The van der Waals surface area contributed by atoms with E-state index >= 15 is 0 Å². The highest BCUT2D eigenvalue weighted by Crippen LogP contribution is 2.21. The van der Waals surface area contributed by atoms with Crippen molar-refractivity contribution < 1.29 is 9.18 Å². The molecule has 0 bridgehead atoms. The summed E-state index contributed by atoms with van der Waals surface area (Å²) in [6.07, 6.45) is 0. The molecule has 0 saturated carbocycles.